The van der Waals surface area contributed by atoms with E-state index in [1.807, 2.05) is 135 Å². The van der Waals surface area contributed by atoms with Gasteiger partial charge in [0.2, 0.25) is 17.7 Å². The normalized spacial score (nSPS) is 18.3. The van der Waals surface area contributed by atoms with E-state index in [0.29, 0.717) is 90.1 Å². The van der Waals surface area contributed by atoms with Gasteiger partial charge >= 0.3 is 0 Å². The zero-order chi connectivity index (χ0) is 84.9. The SMILES string of the molecule is C=CCn1nc(C(=O)N2CCCCCC2)c2c1CCC(NCCCN1CCCC1=O)C2.COCC(C)n1c(CCCC(=O)N2CCC3(CC2)CNC(=O)C3)nc2cccnc21.CSc1ccc(C(=O)NC(c2ccc3c(c2)CCO3)C2CC(O)C2)cc1.Cc1onc(-c2ccccc2)c1C(=O)NCc1nnc(SCc2ccccc2Cl)n1CC(C)C. The molecule has 29 heteroatoms. The summed E-state index contributed by atoms with van der Waals surface area (Å²) in [5, 5.41) is 41.7. The van der Waals surface area contributed by atoms with Crippen molar-refractivity contribution in [2.45, 2.75) is 209 Å². The third-order valence-electron chi connectivity index (χ3n) is 24.0. The third kappa shape index (κ3) is 23.0. The second-order valence-corrected chi connectivity index (χ2v) is 35.5. The zero-order valence-corrected chi connectivity index (χ0v) is 73.1. The van der Waals surface area contributed by atoms with Crippen LogP contribution in [0.25, 0.3) is 22.4 Å². The summed E-state index contributed by atoms with van der Waals surface area (Å²) < 4.78 is 22.4. The third-order valence-corrected chi connectivity index (χ3v) is 26.1. The van der Waals surface area contributed by atoms with Crippen LogP contribution in [-0.4, -0.2) is 191 Å². The zero-order valence-electron chi connectivity index (χ0n) is 70.7. The molecule has 7 aliphatic rings. The number of benzene rings is 4. The predicted octanol–water partition coefficient (Wildman–Crippen LogP) is 14.0. The lowest BCUT2D eigenvalue weighted by atomic mass is 9.74. The van der Waals surface area contributed by atoms with E-state index in [2.05, 4.69) is 84.2 Å². The molecule has 16 rings (SSSR count). The number of likely N-dealkylation sites (tertiary alicyclic amines) is 3. The summed E-state index contributed by atoms with van der Waals surface area (Å²) in [6.07, 6.45) is 22.3. The lowest BCUT2D eigenvalue weighted by Crippen LogP contribution is -2.44. The van der Waals surface area contributed by atoms with E-state index < -0.39 is 0 Å². The Morgan fingerprint density at radius 2 is 1.64 bits per heavy atom. The molecule has 4 saturated heterocycles. The molecule has 3 unspecified atom stereocenters. The molecule has 26 nitrogen and oxygen atoms in total. The molecule has 10 heterocycles. The Labute approximate surface area is 723 Å². The van der Waals surface area contributed by atoms with Crippen molar-refractivity contribution < 1.29 is 47.9 Å². The molecule has 5 N–H and O–H groups in total. The quantitative estimate of drug-likeness (QED) is 0.0165. The Morgan fingerprint density at radius 1 is 0.860 bits per heavy atom. The molecule has 6 amide bonds. The van der Waals surface area contributed by atoms with Crippen LogP contribution in [0.1, 0.15) is 206 Å². The van der Waals surface area contributed by atoms with Gasteiger partial charge in [-0.1, -0.05) is 116 Å². The number of ether oxygens (including phenoxy) is 2. The van der Waals surface area contributed by atoms with E-state index in [-0.39, 0.29) is 65.6 Å². The van der Waals surface area contributed by atoms with E-state index in [9.17, 15) is 33.9 Å². The molecule has 1 spiro atoms. The number of hydrogen-bond acceptors (Lipinski definition) is 19. The summed E-state index contributed by atoms with van der Waals surface area (Å²) in [6.45, 7) is 21.5. The molecule has 2 aliphatic carbocycles. The van der Waals surface area contributed by atoms with Crippen molar-refractivity contribution in [2.75, 3.05) is 78.9 Å². The molecule has 644 valence electrons. The molecule has 121 heavy (non-hydrogen) atoms. The van der Waals surface area contributed by atoms with Crippen LogP contribution in [0, 0.1) is 24.2 Å². The largest absolute Gasteiger partial charge is 0.493 e. The van der Waals surface area contributed by atoms with Gasteiger partial charge in [0.25, 0.3) is 17.7 Å². The maximum atomic E-state index is 13.4. The Hall–Kier alpha value is -9.71. The van der Waals surface area contributed by atoms with Crippen LogP contribution < -0.4 is 26.0 Å². The summed E-state index contributed by atoms with van der Waals surface area (Å²) in [6, 6.07) is 35.4. The van der Waals surface area contributed by atoms with Crippen LogP contribution in [0.15, 0.2) is 143 Å². The van der Waals surface area contributed by atoms with Crippen molar-refractivity contribution in [3.8, 4) is 17.0 Å². The second kappa shape index (κ2) is 42.9. The molecule has 4 aromatic carbocycles. The molecule has 0 radical (unpaired) electrons. The minimum absolute atomic E-state index is 0.0687. The van der Waals surface area contributed by atoms with Crippen LogP contribution in [0.4, 0.5) is 0 Å². The smallest absolute Gasteiger partial charge is 0.274 e. The van der Waals surface area contributed by atoms with Gasteiger partial charge in [-0.2, -0.15) is 5.10 Å². The van der Waals surface area contributed by atoms with E-state index in [1.54, 1.807) is 43.8 Å². The number of methoxy groups -OCH3 is 1. The summed E-state index contributed by atoms with van der Waals surface area (Å²) in [5.74, 6) is 4.82. The van der Waals surface area contributed by atoms with Crippen LogP contribution in [0.3, 0.4) is 0 Å². The molecular weight excluding hydrogens is 1590 g/mol. The Morgan fingerprint density at radius 3 is 2.35 bits per heavy atom. The lowest BCUT2D eigenvalue weighted by molar-refractivity contribution is -0.133. The Bertz CT molecular complexity index is 5010. The van der Waals surface area contributed by atoms with E-state index in [4.69, 9.17) is 35.7 Å². The van der Waals surface area contributed by atoms with Gasteiger partial charge in [0.15, 0.2) is 22.3 Å². The second-order valence-electron chi connectivity index (χ2n) is 33.2. The van der Waals surface area contributed by atoms with Gasteiger partial charge in [-0.3, -0.25) is 33.4 Å². The van der Waals surface area contributed by atoms with Crippen LogP contribution in [-0.2, 0) is 70.2 Å². The molecule has 3 atom stereocenters. The maximum Gasteiger partial charge on any atom is 0.274 e. The minimum atomic E-state index is -0.262. The Balaban J connectivity index is 0.000000140. The lowest BCUT2D eigenvalue weighted by Gasteiger charge is -2.38. The number of imidazole rings is 1. The van der Waals surface area contributed by atoms with Gasteiger partial charge in [0.05, 0.1) is 44.5 Å². The van der Waals surface area contributed by atoms with E-state index in [0.717, 1.165) is 215 Å². The number of nitrogens with zero attached hydrogens (tertiary/aromatic N) is 12. The number of carbonyl (C=O) groups is 6. The number of aromatic nitrogens is 9. The molecule has 0 bridgehead atoms. The van der Waals surface area contributed by atoms with Gasteiger partial charge < -0.3 is 64.2 Å². The maximum absolute atomic E-state index is 13.4. The number of hydrogen-bond donors (Lipinski definition) is 5. The topological polar surface area (TPSA) is 304 Å². The summed E-state index contributed by atoms with van der Waals surface area (Å²) in [7, 11) is 1.70. The standard InChI is InChI=1S/C25H26ClN5O2S.C24H37N5O2.C22H31N5O3.C21H23NO3S/c1-16(2)14-31-21(28-29-25(31)34-15-19-11-7-8-12-20(19)26)13-27-24(32)22-17(3)33-30-23(22)18-9-5-4-6-10-18;1-2-13-29-21-11-10-19(25-12-8-17-27-16-7-9-22(27)30)18-20(21)23(26-29)24(31)28-14-5-3-4-6-15-28;1-16(14-30-2)27-18(25-17-5-4-10-23-21(17)27)6-3-7-20(29)26-11-8-22(9-12-26)13-19(28)24-15-22;1-26-18-5-2-13(3-6-18)21(24)22-20(16-11-17(23)12-16)15-4-7-19-14(10-15)8-9-25-19/h4-12,16H,13-15H2,1-3H3,(H,27,32);2,19,25H,1,3-18H2;4-5,10,16H,3,6-9,11-15H2,1-2H3,(H,24,28);2-7,10,16-17,20,23H,8-9,11-12H2,1H3,(H,22,24). The number of piperidine rings is 1. The van der Waals surface area contributed by atoms with Gasteiger partial charge in [-0.15, -0.1) is 28.5 Å². The van der Waals surface area contributed by atoms with Crippen LogP contribution >= 0.6 is 35.1 Å². The summed E-state index contributed by atoms with van der Waals surface area (Å²) in [4.78, 5) is 91.7. The first-order valence-corrected chi connectivity index (χ1v) is 45.7. The fraction of sp³-hybridized carbons (Fsp3) is 0.500. The highest BCUT2D eigenvalue weighted by Gasteiger charge is 2.42. The first-order chi connectivity index (χ1) is 58.8. The number of rotatable bonds is 29. The molecule has 5 aromatic heterocycles. The highest BCUT2D eigenvalue weighted by atomic mass is 35.5. The highest BCUT2D eigenvalue weighted by Crippen LogP contribution is 2.42. The van der Waals surface area contributed by atoms with Gasteiger partial charge in [-0.05, 0) is 192 Å². The molecular formula is C92H117ClN16O10S2. The highest BCUT2D eigenvalue weighted by molar-refractivity contribution is 7.98. The fourth-order valence-electron chi connectivity index (χ4n) is 17.4. The fourth-order valence-corrected chi connectivity index (χ4v) is 19.0. The predicted molar refractivity (Wildman–Crippen MR) is 470 cm³/mol. The molecule has 1 saturated carbocycles. The number of aliphatic hydroxyl groups is 1. The van der Waals surface area contributed by atoms with Crippen molar-refractivity contribution in [3.63, 3.8) is 0 Å². The number of amides is 6. The number of fused-ring (bicyclic) bond motifs is 3. The number of halogens is 1. The van der Waals surface area contributed by atoms with Crippen molar-refractivity contribution in [2.24, 2.45) is 17.3 Å². The number of pyridine rings is 1. The van der Waals surface area contributed by atoms with Gasteiger partial charge in [0.1, 0.15) is 34.1 Å². The van der Waals surface area contributed by atoms with Crippen molar-refractivity contribution >= 4 is 81.7 Å². The molecule has 5 aliphatic heterocycles. The van der Waals surface area contributed by atoms with Gasteiger partial charge in [0, 0.05) is 142 Å². The molecule has 9 aromatic rings. The summed E-state index contributed by atoms with van der Waals surface area (Å²) in [5.41, 5.74) is 10.6. The average Bonchev–Trinajstić information content (AvgIpc) is 1.15. The number of aliphatic hydroxyl groups excluding tert-OH is 1. The van der Waals surface area contributed by atoms with Gasteiger partial charge in [-0.25, -0.2) is 9.97 Å². The Kier molecular flexibility index (Phi) is 31.6. The minimum Gasteiger partial charge on any atom is -0.493 e. The van der Waals surface area contributed by atoms with Crippen molar-refractivity contribution in [3.05, 3.63) is 195 Å². The van der Waals surface area contributed by atoms with Crippen LogP contribution in [0.5, 0.6) is 5.75 Å². The number of carbonyl (C=O) groups excluding carboxylic acids is 6. The van der Waals surface area contributed by atoms with Crippen LogP contribution in [0.2, 0.25) is 5.02 Å². The number of aryl methyl sites for hydroxylation is 2. The monoisotopic (exact) mass is 1700 g/mol. The first-order valence-electron chi connectivity index (χ1n) is 43.1. The average molecular weight is 1710 g/mol. The van der Waals surface area contributed by atoms with Crippen molar-refractivity contribution in [1.82, 2.24) is 80.2 Å². The molecule has 5 fully saturated rings. The van der Waals surface area contributed by atoms with E-state index in [1.165, 1.54) is 24.1 Å². The number of allylic oxidation sites excluding steroid dienone is 1. The van der Waals surface area contributed by atoms with Crippen molar-refractivity contribution in [1.29, 1.82) is 0 Å². The number of thioether (sulfide) groups is 2. The first kappa shape index (κ1) is 89.1. The van der Waals surface area contributed by atoms with E-state index >= 15 is 0 Å². The number of nitrogens with one attached hydrogen (secondary N) is 4. The summed E-state index contributed by atoms with van der Waals surface area (Å²) >= 11 is 9.54.